The fraction of sp³-hybridized carbons (Fsp3) is 0.235. The molecule has 1 fully saturated rings. The highest BCUT2D eigenvalue weighted by atomic mass is 35.5. The monoisotopic (exact) mass is 317 g/mol. The lowest BCUT2D eigenvalue weighted by Gasteiger charge is -2.14. The Bertz CT molecular complexity index is 685. The summed E-state index contributed by atoms with van der Waals surface area (Å²) < 4.78 is 11.2. The third-order valence-corrected chi connectivity index (χ3v) is 3.93. The molecule has 22 heavy (non-hydrogen) atoms. The van der Waals surface area contributed by atoms with Crippen LogP contribution < -0.4 is 14.8 Å². The van der Waals surface area contributed by atoms with Crippen molar-refractivity contribution in [2.75, 3.05) is 13.7 Å². The molecule has 0 bridgehead atoms. The van der Waals surface area contributed by atoms with Crippen molar-refractivity contribution in [3.8, 4) is 17.2 Å². The Hall–Kier alpha value is -2.20. The van der Waals surface area contributed by atoms with Crippen LogP contribution in [-0.2, 0) is 4.79 Å². The van der Waals surface area contributed by atoms with Gasteiger partial charge in [-0.3, -0.25) is 4.79 Å². The van der Waals surface area contributed by atoms with E-state index in [0.717, 1.165) is 5.56 Å². The zero-order valence-electron chi connectivity index (χ0n) is 12.1. The van der Waals surface area contributed by atoms with E-state index in [9.17, 15) is 4.79 Å². The molecular weight excluding hydrogens is 302 g/mol. The van der Waals surface area contributed by atoms with Crippen molar-refractivity contribution in [2.24, 2.45) is 0 Å². The van der Waals surface area contributed by atoms with Crippen molar-refractivity contribution in [3.05, 3.63) is 53.1 Å². The van der Waals surface area contributed by atoms with E-state index in [1.807, 2.05) is 18.2 Å². The first-order valence-corrected chi connectivity index (χ1v) is 7.41. The van der Waals surface area contributed by atoms with E-state index in [-0.39, 0.29) is 11.8 Å². The molecule has 2 aromatic rings. The maximum absolute atomic E-state index is 11.3. The van der Waals surface area contributed by atoms with Gasteiger partial charge in [0, 0.05) is 23.9 Å². The minimum Gasteiger partial charge on any atom is -0.493 e. The van der Waals surface area contributed by atoms with Crippen molar-refractivity contribution in [2.45, 2.75) is 12.3 Å². The van der Waals surface area contributed by atoms with Crippen molar-refractivity contribution >= 4 is 17.5 Å². The Morgan fingerprint density at radius 3 is 2.55 bits per heavy atom. The Morgan fingerprint density at radius 1 is 1.14 bits per heavy atom. The van der Waals surface area contributed by atoms with Crippen LogP contribution in [0.4, 0.5) is 0 Å². The number of hydrogen-bond acceptors (Lipinski definition) is 3. The van der Waals surface area contributed by atoms with Gasteiger partial charge in [0.2, 0.25) is 5.91 Å². The molecule has 3 rings (SSSR count). The first-order valence-electron chi connectivity index (χ1n) is 7.04. The Labute approximate surface area is 134 Å². The van der Waals surface area contributed by atoms with E-state index >= 15 is 0 Å². The van der Waals surface area contributed by atoms with Crippen LogP contribution >= 0.6 is 11.6 Å². The quantitative estimate of drug-likeness (QED) is 0.934. The molecule has 0 spiro atoms. The predicted octanol–water partition coefficient (Wildman–Crippen LogP) is 3.74. The summed E-state index contributed by atoms with van der Waals surface area (Å²) in [6.45, 7) is 0.666. The first kappa shape index (κ1) is 14.7. The van der Waals surface area contributed by atoms with E-state index in [4.69, 9.17) is 21.1 Å². The summed E-state index contributed by atoms with van der Waals surface area (Å²) in [5, 5.41) is 3.50. The summed E-state index contributed by atoms with van der Waals surface area (Å²) in [4.78, 5) is 11.3. The number of nitrogens with one attached hydrogen (secondary N) is 1. The molecular formula is C17H16ClNO3. The van der Waals surface area contributed by atoms with Gasteiger partial charge in [0.25, 0.3) is 0 Å². The second-order valence-corrected chi connectivity index (χ2v) is 5.61. The Kier molecular flexibility index (Phi) is 4.20. The highest BCUT2D eigenvalue weighted by Gasteiger charge is 2.24. The molecule has 0 aliphatic carbocycles. The molecule has 1 saturated heterocycles. The second-order valence-electron chi connectivity index (χ2n) is 5.17. The SMILES string of the molecule is COc1cc(C2CNC(=O)C2)ccc1Oc1ccc(Cl)cc1. The van der Waals surface area contributed by atoms with Crippen LogP contribution in [0, 0.1) is 0 Å². The lowest BCUT2D eigenvalue weighted by molar-refractivity contribution is -0.119. The average molecular weight is 318 g/mol. The molecule has 114 valence electrons. The normalized spacial score (nSPS) is 17.2. The van der Waals surface area contributed by atoms with E-state index in [1.54, 1.807) is 31.4 Å². The highest BCUT2D eigenvalue weighted by molar-refractivity contribution is 6.30. The van der Waals surface area contributed by atoms with Gasteiger partial charge in [-0.2, -0.15) is 0 Å². The maximum Gasteiger partial charge on any atom is 0.220 e. The molecule has 1 N–H and O–H groups in total. The van der Waals surface area contributed by atoms with Crippen LogP contribution in [0.2, 0.25) is 5.02 Å². The third-order valence-electron chi connectivity index (χ3n) is 3.68. The number of carbonyl (C=O) groups is 1. The predicted molar refractivity (Wildman–Crippen MR) is 84.9 cm³/mol. The number of methoxy groups -OCH3 is 1. The number of halogens is 1. The van der Waals surface area contributed by atoms with E-state index in [1.165, 1.54) is 0 Å². The first-order chi connectivity index (χ1) is 10.7. The van der Waals surface area contributed by atoms with Crippen molar-refractivity contribution in [1.29, 1.82) is 0 Å². The largest absolute Gasteiger partial charge is 0.493 e. The van der Waals surface area contributed by atoms with E-state index in [0.29, 0.717) is 35.2 Å². The van der Waals surface area contributed by atoms with E-state index in [2.05, 4.69) is 5.32 Å². The van der Waals surface area contributed by atoms with Gasteiger partial charge in [0.1, 0.15) is 5.75 Å². The third kappa shape index (κ3) is 3.17. The fourth-order valence-electron chi connectivity index (χ4n) is 2.49. The Balaban J connectivity index is 1.82. The summed E-state index contributed by atoms with van der Waals surface area (Å²) in [5.74, 6) is 2.24. The summed E-state index contributed by atoms with van der Waals surface area (Å²) in [6.07, 6.45) is 0.514. The van der Waals surface area contributed by atoms with Crippen molar-refractivity contribution in [3.63, 3.8) is 0 Å². The van der Waals surface area contributed by atoms with Gasteiger partial charge in [-0.25, -0.2) is 0 Å². The van der Waals surface area contributed by atoms with Crippen LogP contribution in [0.1, 0.15) is 17.9 Å². The highest BCUT2D eigenvalue weighted by Crippen LogP contribution is 2.35. The molecule has 0 saturated carbocycles. The average Bonchev–Trinajstić information content (AvgIpc) is 2.96. The smallest absolute Gasteiger partial charge is 0.220 e. The van der Waals surface area contributed by atoms with Gasteiger partial charge in [0.15, 0.2) is 11.5 Å². The molecule has 1 heterocycles. The molecule has 1 unspecified atom stereocenters. The number of carbonyl (C=O) groups excluding carboxylic acids is 1. The number of rotatable bonds is 4. The van der Waals surface area contributed by atoms with Crippen LogP contribution in [0.25, 0.3) is 0 Å². The minimum atomic E-state index is 0.0884. The number of ether oxygens (including phenoxy) is 2. The summed E-state index contributed by atoms with van der Waals surface area (Å²) in [6, 6.07) is 12.9. The topological polar surface area (TPSA) is 47.6 Å². The molecule has 2 aromatic carbocycles. The van der Waals surface area contributed by atoms with Gasteiger partial charge >= 0.3 is 0 Å². The molecule has 1 aliphatic heterocycles. The molecule has 1 atom stereocenters. The number of benzene rings is 2. The minimum absolute atomic E-state index is 0.0884. The summed E-state index contributed by atoms with van der Waals surface area (Å²) in [7, 11) is 1.60. The molecule has 0 radical (unpaired) electrons. The van der Waals surface area contributed by atoms with Crippen LogP contribution in [0.5, 0.6) is 17.2 Å². The molecule has 1 aliphatic rings. The molecule has 4 nitrogen and oxygen atoms in total. The molecule has 0 aromatic heterocycles. The molecule has 1 amide bonds. The zero-order valence-corrected chi connectivity index (χ0v) is 12.9. The van der Waals surface area contributed by atoms with Crippen LogP contribution in [-0.4, -0.2) is 19.6 Å². The molecule has 5 heteroatoms. The Morgan fingerprint density at radius 2 is 1.91 bits per heavy atom. The maximum atomic E-state index is 11.3. The number of hydrogen-bond donors (Lipinski definition) is 1. The lowest BCUT2D eigenvalue weighted by atomic mass is 9.98. The second kappa shape index (κ2) is 6.28. The summed E-state index contributed by atoms with van der Waals surface area (Å²) >= 11 is 5.86. The number of amides is 1. The fourth-order valence-corrected chi connectivity index (χ4v) is 2.62. The van der Waals surface area contributed by atoms with E-state index < -0.39 is 0 Å². The van der Waals surface area contributed by atoms with Crippen molar-refractivity contribution < 1.29 is 14.3 Å². The summed E-state index contributed by atoms with van der Waals surface area (Å²) in [5.41, 5.74) is 1.07. The van der Waals surface area contributed by atoms with Gasteiger partial charge in [-0.15, -0.1) is 0 Å². The van der Waals surface area contributed by atoms with Gasteiger partial charge in [0.05, 0.1) is 7.11 Å². The van der Waals surface area contributed by atoms with Crippen LogP contribution in [0.3, 0.4) is 0 Å². The lowest BCUT2D eigenvalue weighted by Crippen LogP contribution is -2.13. The van der Waals surface area contributed by atoms with Crippen molar-refractivity contribution in [1.82, 2.24) is 5.32 Å². The standard InChI is InChI=1S/C17H16ClNO3/c1-21-16-8-11(12-9-17(20)19-10-12)2-7-15(16)22-14-5-3-13(18)4-6-14/h2-8,12H,9-10H2,1H3,(H,19,20). The zero-order chi connectivity index (χ0) is 15.5. The van der Waals surface area contributed by atoms with Gasteiger partial charge in [-0.05, 0) is 42.0 Å². The van der Waals surface area contributed by atoms with Crippen LogP contribution in [0.15, 0.2) is 42.5 Å². The van der Waals surface area contributed by atoms with Gasteiger partial charge in [-0.1, -0.05) is 17.7 Å². The van der Waals surface area contributed by atoms with Gasteiger partial charge < -0.3 is 14.8 Å².